The highest BCUT2D eigenvalue weighted by Gasteiger charge is 2.59. The van der Waals surface area contributed by atoms with E-state index in [0.29, 0.717) is 25.9 Å². The molecule has 3 rings (SSSR count). The monoisotopic (exact) mass is 714 g/mol. The van der Waals surface area contributed by atoms with Crippen LogP contribution < -0.4 is 0 Å². The summed E-state index contributed by atoms with van der Waals surface area (Å²) in [6.45, 7) is 20.9. The summed E-state index contributed by atoms with van der Waals surface area (Å²) >= 11 is 0. The summed E-state index contributed by atoms with van der Waals surface area (Å²) in [5.41, 5.74) is 1.98. The first-order valence-electron chi connectivity index (χ1n) is 17.7. The Morgan fingerprint density at radius 3 is 1.92 bits per heavy atom. The summed E-state index contributed by atoms with van der Waals surface area (Å²) < 4.78 is 38.0. The molecule has 2 atom stereocenters. The third-order valence-corrected chi connectivity index (χ3v) is 11.5. The summed E-state index contributed by atoms with van der Waals surface area (Å²) in [6, 6.07) is 16.6. The average Bonchev–Trinajstić information content (AvgIpc) is 2.97. The standard InChI is InChI=1S/C39H59N2O8P/c1-12-46-50(45)26-25-40(27-31-17-13-14-18-32(31)30-21-19-29(2)20-22-30)28-39(50,33(42)47-36(3,4)5)23-15-16-24-41(34(43)48-37(6,7)8)35(44)49-38(9,10)11/h13-14,17-22H,12,15-16,23-28H2,1-11H3/t39-,50?/m0/s1. The predicted octanol–water partition coefficient (Wildman–Crippen LogP) is 9.22. The van der Waals surface area contributed by atoms with Gasteiger partial charge in [0.25, 0.3) is 0 Å². The summed E-state index contributed by atoms with van der Waals surface area (Å²) in [4.78, 5) is 43.7. The number of nitrogens with zero attached hydrogens (tertiary/aromatic N) is 2. The molecule has 1 saturated heterocycles. The topological polar surface area (TPSA) is 112 Å². The van der Waals surface area contributed by atoms with Crippen molar-refractivity contribution < 1.29 is 37.7 Å². The molecule has 1 fully saturated rings. The van der Waals surface area contributed by atoms with Crippen molar-refractivity contribution in [2.45, 2.75) is 124 Å². The molecule has 2 amide bonds. The Balaban J connectivity index is 1.94. The van der Waals surface area contributed by atoms with Gasteiger partial charge in [-0.25, -0.2) is 14.5 Å². The Morgan fingerprint density at radius 2 is 1.38 bits per heavy atom. The van der Waals surface area contributed by atoms with E-state index in [-0.39, 0.29) is 32.3 Å². The molecule has 10 nitrogen and oxygen atoms in total. The fourth-order valence-electron chi connectivity index (χ4n) is 6.00. The van der Waals surface area contributed by atoms with Crippen LogP contribution in [0.5, 0.6) is 0 Å². The lowest BCUT2D eigenvalue weighted by Crippen LogP contribution is -2.56. The highest BCUT2D eigenvalue weighted by atomic mass is 31.2. The van der Waals surface area contributed by atoms with Crippen molar-refractivity contribution in [2.24, 2.45) is 0 Å². The highest BCUT2D eigenvalue weighted by molar-refractivity contribution is 7.62. The van der Waals surface area contributed by atoms with E-state index < -0.39 is 47.5 Å². The summed E-state index contributed by atoms with van der Waals surface area (Å²) in [7, 11) is -3.59. The molecule has 2 aromatic carbocycles. The van der Waals surface area contributed by atoms with Crippen molar-refractivity contribution in [3.8, 4) is 11.1 Å². The minimum absolute atomic E-state index is 0.0131. The van der Waals surface area contributed by atoms with E-state index in [9.17, 15) is 18.9 Å². The normalized spacial score (nSPS) is 20.2. The number of ether oxygens (including phenoxy) is 3. The molecule has 1 aliphatic heterocycles. The van der Waals surface area contributed by atoms with E-state index in [1.165, 1.54) is 5.56 Å². The third-order valence-electron chi connectivity index (χ3n) is 8.19. The molecule has 1 heterocycles. The number of hydrogen-bond donors (Lipinski definition) is 0. The van der Waals surface area contributed by atoms with Crippen LogP contribution in [0.3, 0.4) is 0 Å². The lowest BCUT2D eigenvalue weighted by Gasteiger charge is -2.46. The molecule has 2 aromatic rings. The van der Waals surface area contributed by atoms with Crippen molar-refractivity contribution >= 4 is 25.5 Å². The fraction of sp³-hybridized carbons (Fsp3) is 0.615. The zero-order chi connectivity index (χ0) is 37.5. The molecule has 0 aliphatic carbocycles. The maximum Gasteiger partial charge on any atom is 0.419 e. The van der Waals surface area contributed by atoms with Gasteiger partial charge in [0.15, 0.2) is 5.16 Å². The third kappa shape index (κ3) is 11.4. The van der Waals surface area contributed by atoms with Gasteiger partial charge in [-0.15, -0.1) is 0 Å². The number of unbranched alkanes of at least 4 members (excludes halogenated alkanes) is 1. The number of amides is 2. The quantitative estimate of drug-likeness (QED) is 0.0973. The molecule has 0 aromatic heterocycles. The Labute approximate surface area is 299 Å². The van der Waals surface area contributed by atoms with Crippen molar-refractivity contribution in [3.05, 3.63) is 59.7 Å². The van der Waals surface area contributed by atoms with E-state index in [2.05, 4.69) is 48.2 Å². The summed E-state index contributed by atoms with van der Waals surface area (Å²) in [5.74, 6) is -0.561. The second kappa shape index (κ2) is 16.4. The van der Waals surface area contributed by atoms with E-state index in [0.717, 1.165) is 21.6 Å². The molecular formula is C39H59N2O8P. The first-order valence-corrected chi connectivity index (χ1v) is 19.5. The number of carbonyl (C=O) groups excluding carboxylic acids is 3. The molecule has 1 aliphatic rings. The van der Waals surface area contributed by atoms with Gasteiger partial charge in [-0.05, 0) is 112 Å². The Bertz CT molecular complexity index is 1490. The first-order chi connectivity index (χ1) is 23.1. The smallest absolute Gasteiger partial charge is 0.419 e. The van der Waals surface area contributed by atoms with Gasteiger partial charge >= 0.3 is 18.2 Å². The lowest BCUT2D eigenvalue weighted by molar-refractivity contribution is -0.160. The van der Waals surface area contributed by atoms with E-state index in [1.807, 2.05) is 12.1 Å². The molecule has 0 N–H and O–H groups in total. The molecule has 11 heteroatoms. The Hall–Kier alpha value is -3.20. The number of rotatable bonds is 11. The number of imide groups is 1. The molecule has 0 spiro atoms. The maximum atomic E-state index is 14.9. The SMILES string of the molecule is CCOP1(=O)CCN(Cc2ccccc2-c2ccc(C)cc2)C[C@@]1(CCCCN(C(=O)OC(C)(C)C)C(=O)OC(C)(C)C)C(=O)OC(C)(C)C. The van der Waals surface area contributed by atoms with Gasteiger partial charge < -0.3 is 18.7 Å². The van der Waals surface area contributed by atoms with Gasteiger partial charge in [0.1, 0.15) is 16.8 Å². The van der Waals surface area contributed by atoms with E-state index in [1.54, 1.807) is 69.2 Å². The van der Waals surface area contributed by atoms with Gasteiger partial charge in [-0.3, -0.25) is 14.3 Å². The van der Waals surface area contributed by atoms with Crippen LogP contribution in [0.4, 0.5) is 9.59 Å². The molecule has 0 bridgehead atoms. The van der Waals surface area contributed by atoms with E-state index >= 15 is 0 Å². The van der Waals surface area contributed by atoms with Crippen LogP contribution in [0, 0.1) is 6.92 Å². The van der Waals surface area contributed by atoms with Crippen molar-refractivity contribution in [1.29, 1.82) is 0 Å². The van der Waals surface area contributed by atoms with Crippen molar-refractivity contribution in [3.63, 3.8) is 0 Å². The van der Waals surface area contributed by atoms with E-state index in [4.69, 9.17) is 18.7 Å². The van der Waals surface area contributed by atoms with Crippen molar-refractivity contribution in [1.82, 2.24) is 9.80 Å². The van der Waals surface area contributed by atoms with Crippen LogP contribution >= 0.6 is 7.37 Å². The number of hydrogen-bond acceptors (Lipinski definition) is 9. The summed E-state index contributed by atoms with van der Waals surface area (Å²) in [5, 5.41) is -1.46. The van der Waals surface area contributed by atoms with Crippen LogP contribution in [0.25, 0.3) is 11.1 Å². The van der Waals surface area contributed by atoms with Gasteiger partial charge in [-0.1, -0.05) is 54.1 Å². The molecule has 50 heavy (non-hydrogen) atoms. The number of aryl methyl sites for hydroxylation is 1. The molecule has 0 radical (unpaired) electrons. The average molecular weight is 715 g/mol. The van der Waals surface area contributed by atoms with Crippen LogP contribution in [0.15, 0.2) is 48.5 Å². The number of benzene rings is 2. The summed E-state index contributed by atoms with van der Waals surface area (Å²) in [6.07, 6.45) is -0.604. The van der Waals surface area contributed by atoms with Crippen LogP contribution in [-0.4, -0.2) is 82.3 Å². The number of carbonyl (C=O) groups is 3. The highest BCUT2D eigenvalue weighted by Crippen LogP contribution is 2.64. The largest absolute Gasteiger partial charge is 0.459 e. The van der Waals surface area contributed by atoms with Crippen LogP contribution in [0.1, 0.15) is 99.6 Å². The molecule has 1 unspecified atom stereocenters. The van der Waals surface area contributed by atoms with Crippen LogP contribution in [-0.2, 0) is 34.6 Å². The Morgan fingerprint density at radius 1 is 0.820 bits per heavy atom. The fourth-order valence-corrected chi connectivity index (χ4v) is 9.00. The minimum Gasteiger partial charge on any atom is -0.459 e. The maximum absolute atomic E-state index is 14.9. The number of esters is 1. The second-order valence-electron chi connectivity index (χ2n) is 16.2. The minimum atomic E-state index is -3.59. The molecule has 0 saturated carbocycles. The molecular weight excluding hydrogens is 655 g/mol. The zero-order valence-electron chi connectivity index (χ0n) is 32.1. The van der Waals surface area contributed by atoms with Crippen molar-refractivity contribution in [2.75, 3.05) is 32.4 Å². The van der Waals surface area contributed by atoms with Gasteiger partial charge in [-0.2, -0.15) is 0 Å². The first kappa shape index (κ1) is 41.2. The Kier molecular flexibility index (Phi) is 13.5. The zero-order valence-corrected chi connectivity index (χ0v) is 33.0. The van der Waals surface area contributed by atoms with Gasteiger partial charge in [0.2, 0.25) is 7.37 Å². The second-order valence-corrected chi connectivity index (χ2v) is 19.1. The predicted molar refractivity (Wildman–Crippen MR) is 198 cm³/mol. The molecule has 278 valence electrons. The van der Waals surface area contributed by atoms with Gasteiger partial charge in [0.05, 0.1) is 6.61 Å². The van der Waals surface area contributed by atoms with Gasteiger partial charge in [0, 0.05) is 32.3 Å². The lowest BCUT2D eigenvalue weighted by atomic mass is 9.96. The van der Waals surface area contributed by atoms with Crippen LogP contribution in [0.2, 0.25) is 0 Å².